The Kier molecular flexibility index (Phi) is 4.13. The molecule has 0 saturated heterocycles. The zero-order valence-corrected chi connectivity index (χ0v) is 12.7. The highest BCUT2D eigenvalue weighted by molar-refractivity contribution is 5.92. The number of carbonyl (C=O) groups excluding carboxylic acids is 1. The summed E-state index contributed by atoms with van der Waals surface area (Å²) in [5, 5.41) is 0.768. The smallest absolute Gasteiger partial charge is 0.219 e. The monoisotopic (exact) mass is 285 g/mol. The molecule has 0 aliphatic carbocycles. The lowest BCUT2D eigenvalue weighted by Gasteiger charge is -2.08. The first-order valence-electron chi connectivity index (χ1n) is 6.73. The van der Waals surface area contributed by atoms with Crippen molar-refractivity contribution in [3.8, 4) is 11.8 Å². The molecule has 0 bridgehead atoms. The van der Waals surface area contributed by atoms with Gasteiger partial charge < -0.3 is 15.2 Å². The Hall–Kier alpha value is -2.55. The van der Waals surface area contributed by atoms with Crippen LogP contribution in [0.25, 0.3) is 11.0 Å². The molecule has 0 atom stereocenters. The number of aromatic nitrogens is 3. The van der Waals surface area contributed by atoms with E-state index in [0.29, 0.717) is 12.4 Å². The molecule has 0 fully saturated rings. The van der Waals surface area contributed by atoms with Gasteiger partial charge in [-0.1, -0.05) is 11.8 Å². The van der Waals surface area contributed by atoms with E-state index in [1.54, 1.807) is 11.9 Å². The van der Waals surface area contributed by atoms with E-state index in [-0.39, 0.29) is 11.9 Å². The van der Waals surface area contributed by atoms with Crippen molar-refractivity contribution in [1.82, 2.24) is 19.4 Å². The molecule has 0 unspecified atom stereocenters. The summed E-state index contributed by atoms with van der Waals surface area (Å²) in [5.41, 5.74) is 7.52. The van der Waals surface area contributed by atoms with Crippen LogP contribution in [0.15, 0.2) is 12.5 Å². The molecule has 2 N–H and O–H groups in total. The van der Waals surface area contributed by atoms with Crippen LogP contribution in [0, 0.1) is 11.8 Å². The molecule has 6 heteroatoms. The van der Waals surface area contributed by atoms with Gasteiger partial charge in [0.2, 0.25) is 5.91 Å². The number of nitrogens with two attached hydrogens (primary N) is 1. The van der Waals surface area contributed by atoms with Gasteiger partial charge in [-0.25, -0.2) is 9.97 Å². The van der Waals surface area contributed by atoms with E-state index in [2.05, 4.69) is 35.7 Å². The SMILES string of the molecule is CC(=O)N(C)CC#Cc1cn(C(C)C)c2ncnc(N)c12. The van der Waals surface area contributed by atoms with Crippen LogP contribution in [0.4, 0.5) is 5.82 Å². The lowest BCUT2D eigenvalue weighted by Crippen LogP contribution is -2.23. The Labute approximate surface area is 124 Å². The van der Waals surface area contributed by atoms with Crippen molar-refractivity contribution in [3.63, 3.8) is 0 Å². The summed E-state index contributed by atoms with van der Waals surface area (Å²) >= 11 is 0. The van der Waals surface area contributed by atoms with Gasteiger partial charge in [-0.15, -0.1) is 0 Å². The Bertz CT molecular complexity index is 736. The fraction of sp³-hybridized carbons (Fsp3) is 0.400. The number of carbonyl (C=O) groups is 1. The predicted octanol–water partition coefficient (Wildman–Crippen LogP) is 1.42. The Morgan fingerprint density at radius 3 is 2.81 bits per heavy atom. The van der Waals surface area contributed by atoms with Crippen LogP contribution in [0.5, 0.6) is 0 Å². The predicted molar refractivity (Wildman–Crippen MR) is 82.5 cm³/mol. The fourth-order valence-electron chi connectivity index (χ4n) is 1.96. The highest BCUT2D eigenvalue weighted by Crippen LogP contribution is 2.25. The summed E-state index contributed by atoms with van der Waals surface area (Å²) in [6.45, 7) is 6.02. The summed E-state index contributed by atoms with van der Waals surface area (Å²) in [7, 11) is 1.71. The van der Waals surface area contributed by atoms with Crippen LogP contribution in [-0.4, -0.2) is 38.9 Å². The molecule has 0 aliphatic heterocycles. The molecule has 2 rings (SSSR count). The van der Waals surface area contributed by atoms with Crippen LogP contribution < -0.4 is 5.73 Å². The number of amides is 1. The molecule has 2 heterocycles. The van der Waals surface area contributed by atoms with Gasteiger partial charge in [0.15, 0.2) is 0 Å². The Morgan fingerprint density at radius 1 is 1.48 bits per heavy atom. The third-order valence-electron chi connectivity index (χ3n) is 3.27. The van der Waals surface area contributed by atoms with Crippen molar-refractivity contribution >= 4 is 22.8 Å². The van der Waals surface area contributed by atoms with E-state index in [4.69, 9.17) is 5.73 Å². The average Bonchev–Trinajstić information content (AvgIpc) is 2.79. The zero-order chi connectivity index (χ0) is 15.6. The third-order valence-corrected chi connectivity index (χ3v) is 3.27. The van der Waals surface area contributed by atoms with Gasteiger partial charge in [-0.05, 0) is 13.8 Å². The van der Waals surface area contributed by atoms with E-state index in [1.165, 1.54) is 13.3 Å². The zero-order valence-electron chi connectivity index (χ0n) is 12.7. The second kappa shape index (κ2) is 5.83. The summed E-state index contributed by atoms with van der Waals surface area (Å²) in [6.07, 6.45) is 3.39. The number of rotatable bonds is 2. The molecule has 1 amide bonds. The third kappa shape index (κ3) is 2.97. The first-order chi connectivity index (χ1) is 9.91. The lowest BCUT2D eigenvalue weighted by molar-refractivity contribution is -0.126. The van der Waals surface area contributed by atoms with Gasteiger partial charge in [-0.2, -0.15) is 0 Å². The van der Waals surface area contributed by atoms with Gasteiger partial charge in [0.1, 0.15) is 17.8 Å². The van der Waals surface area contributed by atoms with Crippen LogP contribution in [-0.2, 0) is 4.79 Å². The van der Waals surface area contributed by atoms with Gasteiger partial charge in [0.05, 0.1) is 17.5 Å². The number of nitrogen functional groups attached to an aromatic ring is 1. The molecule has 2 aromatic rings. The van der Waals surface area contributed by atoms with Crippen LogP contribution in [0.3, 0.4) is 0 Å². The molecule has 0 aliphatic rings. The summed E-state index contributed by atoms with van der Waals surface area (Å²) in [5.74, 6) is 6.45. The largest absolute Gasteiger partial charge is 0.383 e. The van der Waals surface area contributed by atoms with Crippen LogP contribution in [0.2, 0.25) is 0 Å². The van der Waals surface area contributed by atoms with Gasteiger partial charge in [-0.3, -0.25) is 4.79 Å². The maximum atomic E-state index is 11.2. The number of hydrogen-bond donors (Lipinski definition) is 1. The highest BCUT2D eigenvalue weighted by atomic mass is 16.2. The van der Waals surface area contributed by atoms with Gasteiger partial charge in [0.25, 0.3) is 0 Å². The standard InChI is InChI=1S/C15H19N5O/c1-10(2)20-8-12(6-5-7-19(4)11(3)21)13-14(16)17-9-18-15(13)20/h8-10H,7H2,1-4H3,(H2,16,17,18). The fourth-order valence-corrected chi connectivity index (χ4v) is 1.96. The number of nitrogens with zero attached hydrogens (tertiary/aromatic N) is 4. The second-order valence-electron chi connectivity index (χ2n) is 5.18. The topological polar surface area (TPSA) is 77.0 Å². The normalized spacial score (nSPS) is 10.5. The minimum Gasteiger partial charge on any atom is -0.383 e. The first kappa shape index (κ1) is 14.9. The van der Waals surface area contributed by atoms with Crippen molar-refractivity contribution in [2.45, 2.75) is 26.8 Å². The van der Waals surface area contributed by atoms with Gasteiger partial charge >= 0.3 is 0 Å². The summed E-state index contributed by atoms with van der Waals surface area (Å²) in [4.78, 5) is 21.0. The van der Waals surface area contributed by atoms with Crippen molar-refractivity contribution in [2.24, 2.45) is 0 Å². The Balaban J connectivity index is 2.45. The summed E-state index contributed by atoms with van der Waals surface area (Å²) < 4.78 is 2.02. The van der Waals surface area contributed by atoms with Crippen LogP contribution >= 0.6 is 0 Å². The molecule has 21 heavy (non-hydrogen) atoms. The minimum absolute atomic E-state index is 0.0169. The molecule has 0 saturated carbocycles. The van der Waals surface area contributed by atoms with Crippen molar-refractivity contribution in [1.29, 1.82) is 0 Å². The molecular formula is C15H19N5O. The molecular weight excluding hydrogens is 266 g/mol. The molecule has 0 spiro atoms. The quantitative estimate of drug-likeness (QED) is 0.847. The Morgan fingerprint density at radius 2 is 2.19 bits per heavy atom. The van der Waals surface area contributed by atoms with Crippen molar-refractivity contribution < 1.29 is 4.79 Å². The van der Waals surface area contributed by atoms with E-state index in [0.717, 1.165) is 16.6 Å². The maximum absolute atomic E-state index is 11.2. The number of fused-ring (bicyclic) bond motifs is 1. The molecule has 0 radical (unpaired) electrons. The highest BCUT2D eigenvalue weighted by Gasteiger charge is 2.13. The average molecular weight is 285 g/mol. The lowest BCUT2D eigenvalue weighted by atomic mass is 10.2. The van der Waals surface area contributed by atoms with Crippen molar-refractivity contribution in [3.05, 3.63) is 18.1 Å². The minimum atomic E-state index is -0.0169. The van der Waals surface area contributed by atoms with Crippen LogP contribution in [0.1, 0.15) is 32.4 Å². The van der Waals surface area contributed by atoms with E-state index in [9.17, 15) is 4.79 Å². The molecule has 2 aromatic heterocycles. The number of anilines is 1. The van der Waals surface area contributed by atoms with E-state index >= 15 is 0 Å². The summed E-state index contributed by atoms with van der Waals surface area (Å²) in [6, 6.07) is 0.247. The maximum Gasteiger partial charge on any atom is 0.219 e. The molecule has 0 aromatic carbocycles. The number of hydrogen-bond acceptors (Lipinski definition) is 4. The van der Waals surface area contributed by atoms with E-state index in [1.807, 2.05) is 10.8 Å². The van der Waals surface area contributed by atoms with Crippen molar-refractivity contribution in [2.75, 3.05) is 19.3 Å². The van der Waals surface area contributed by atoms with E-state index < -0.39 is 0 Å². The second-order valence-corrected chi connectivity index (χ2v) is 5.18. The first-order valence-corrected chi connectivity index (χ1v) is 6.73. The molecule has 110 valence electrons. The van der Waals surface area contributed by atoms with Gasteiger partial charge in [0, 0.05) is 26.2 Å². The molecule has 6 nitrogen and oxygen atoms in total.